The molecular weight excluding hydrogens is 402 g/mol. The molecule has 32 heavy (non-hydrogen) atoms. The van der Waals surface area contributed by atoms with Crippen molar-refractivity contribution in [3.05, 3.63) is 34.9 Å². The second-order valence-electron chi connectivity index (χ2n) is 8.10. The smallest absolute Gasteiger partial charge is 0.237 e. The van der Waals surface area contributed by atoms with Crippen molar-refractivity contribution in [1.29, 1.82) is 0 Å². The summed E-state index contributed by atoms with van der Waals surface area (Å²) in [7, 11) is 3.41. The Labute approximate surface area is 193 Å². The van der Waals surface area contributed by atoms with E-state index in [0.29, 0.717) is 24.9 Å². The third-order valence-corrected chi connectivity index (χ3v) is 5.61. The van der Waals surface area contributed by atoms with E-state index in [9.17, 15) is 14.4 Å². The Balaban J connectivity index is 2.75. The fourth-order valence-electron chi connectivity index (χ4n) is 3.71. The van der Waals surface area contributed by atoms with Crippen molar-refractivity contribution in [2.75, 3.05) is 20.6 Å². The molecule has 1 amide bonds. The molecule has 0 aliphatic heterocycles. The average molecular weight is 442 g/mol. The number of aldehydes is 2. The molecule has 0 aliphatic rings. The Bertz CT molecular complexity index is 767. The number of nitrogens with two attached hydrogens (primary N) is 1. The summed E-state index contributed by atoms with van der Waals surface area (Å²) in [5, 5.41) is 2.66. The van der Waals surface area contributed by atoms with Crippen LogP contribution in [0.2, 0.25) is 0 Å². The largest absolute Gasteiger partial charge is 0.358 e. The van der Waals surface area contributed by atoms with Gasteiger partial charge in [-0.25, -0.2) is 0 Å². The molecule has 0 aromatic heterocycles. The van der Waals surface area contributed by atoms with Gasteiger partial charge in [0, 0.05) is 37.6 Å². The number of unbranched alkanes of at least 4 members (excludes halogenated alkanes) is 7. The van der Waals surface area contributed by atoms with E-state index in [0.717, 1.165) is 49.5 Å². The zero-order valence-electron chi connectivity index (χ0n) is 19.7. The molecule has 6 nitrogen and oxygen atoms in total. The van der Waals surface area contributed by atoms with E-state index < -0.39 is 6.04 Å². The molecule has 1 rings (SSSR count). The van der Waals surface area contributed by atoms with Crippen molar-refractivity contribution < 1.29 is 14.4 Å². The molecule has 0 bridgehead atoms. The molecule has 1 atom stereocenters. The van der Waals surface area contributed by atoms with Gasteiger partial charge in [-0.1, -0.05) is 56.1 Å². The number of rotatable bonds is 16. The number of nitrogens with one attached hydrogen (secondary N) is 1. The van der Waals surface area contributed by atoms with Gasteiger partial charge in [-0.3, -0.25) is 14.5 Å². The maximum atomic E-state index is 12.3. The Morgan fingerprint density at radius 2 is 1.81 bits per heavy atom. The first-order valence-corrected chi connectivity index (χ1v) is 11.7. The van der Waals surface area contributed by atoms with Crippen LogP contribution in [-0.4, -0.2) is 50.1 Å². The summed E-state index contributed by atoms with van der Waals surface area (Å²) in [6, 6.07) is 5.07. The highest BCUT2D eigenvalue weighted by atomic mass is 16.2. The molecule has 3 N–H and O–H groups in total. The number of amides is 1. The van der Waals surface area contributed by atoms with Crippen LogP contribution in [0.1, 0.15) is 85.7 Å². The highest BCUT2D eigenvalue weighted by Crippen LogP contribution is 2.18. The van der Waals surface area contributed by atoms with E-state index in [1.165, 1.54) is 32.1 Å². The second-order valence-corrected chi connectivity index (χ2v) is 8.10. The number of nitrogens with zero attached hydrogens (tertiary/aromatic N) is 1. The Morgan fingerprint density at radius 3 is 2.44 bits per heavy atom. The molecule has 6 heteroatoms. The van der Waals surface area contributed by atoms with Crippen LogP contribution < -0.4 is 11.1 Å². The van der Waals surface area contributed by atoms with E-state index in [1.807, 2.05) is 24.1 Å². The summed E-state index contributed by atoms with van der Waals surface area (Å²) in [5.41, 5.74) is 7.72. The number of hydrogen-bond acceptors (Lipinski definition) is 5. The lowest BCUT2D eigenvalue weighted by atomic mass is 9.99. The van der Waals surface area contributed by atoms with E-state index >= 15 is 0 Å². The first kappa shape index (κ1) is 27.5. The molecule has 0 saturated carbocycles. The molecule has 0 aliphatic carbocycles. The summed E-state index contributed by atoms with van der Waals surface area (Å²) in [6.45, 7) is 1.18. The van der Waals surface area contributed by atoms with E-state index in [2.05, 4.69) is 17.2 Å². The van der Waals surface area contributed by atoms with Crippen molar-refractivity contribution >= 4 is 18.5 Å². The molecular formula is C26H39N3O3. The zero-order chi connectivity index (χ0) is 23.6. The lowest BCUT2D eigenvalue weighted by molar-refractivity contribution is -0.126. The summed E-state index contributed by atoms with van der Waals surface area (Å²) in [6.07, 6.45) is 11.5. The van der Waals surface area contributed by atoms with Gasteiger partial charge in [-0.2, -0.15) is 0 Å². The van der Waals surface area contributed by atoms with Crippen LogP contribution in [0, 0.1) is 11.8 Å². The zero-order valence-corrected chi connectivity index (χ0v) is 19.7. The highest BCUT2D eigenvalue weighted by Gasteiger charge is 2.23. The molecule has 1 aromatic rings. The molecule has 0 heterocycles. The van der Waals surface area contributed by atoms with Crippen molar-refractivity contribution in [3.63, 3.8) is 0 Å². The van der Waals surface area contributed by atoms with Crippen LogP contribution in [0.25, 0.3) is 0 Å². The quantitative estimate of drug-likeness (QED) is 0.233. The monoisotopic (exact) mass is 441 g/mol. The van der Waals surface area contributed by atoms with Gasteiger partial charge in [-0.15, -0.1) is 0 Å². The van der Waals surface area contributed by atoms with E-state index in [-0.39, 0.29) is 5.91 Å². The van der Waals surface area contributed by atoms with Crippen LogP contribution >= 0.6 is 0 Å². The van der Waals surface area contributed by atoms with Crippen LogP contribution in [0.5, 0.6) is 0 Å². The Kier molecular flexibility index (Phi) is 14.7. The molecule has 0 saturated heterocycles. The predicted octanol–water partition coefficient (Wildman–Crippen LogP) is 3.46. The standard InChI is InChI=1S/C26H39N3O3/c1-28-26(32)25(17-13-19-30)29(2)20-24-22(15-12-16-23(24)21-31)14-10-8-6-4-3-5-7-9-11-18-27/h12,15-16,19,21,25H,3-9,11,13,17-18,20,27H2,1-2H3,(H,28,32). The predicted molar refractivity (Wildman–Crippen MR) is 129 cm³/mol. The van der Waals surface area contributed by atoms with Gasteiger partial charge >= 0.3 is 0 Å². The fourth-order valence-corrected chi connectivity index (χ4v) is 3.71. The number of likely N-dealkylation sites (N-methyl/N-ethyl adjacent to an activating group) is 2. The van der Waals surface area contributed by atoms with Gasteiger partial charge in [0.05, 0.1) is 6.04 Å². The van der Waals surface area contributed by atoms with Gasteiger partial charge < -0.3 is 15.8 Å². The number of benzene rings is 1. The third kappa shape index (κ3) is 10.2. The second kappa shape index (κ2) is 17.1. The maximum Gasteiger partial charge on any atom is 0.237 e. The normalized spacial score (nSPS) is 11.5. The summed E-state index contributed by atoms with van der Waals surface area (Å²) >= 11 is 0. The molecule has 176 valence electrons. The molecule has 0 spiro atoms. The van der Waals surface area contributed by atoms with Crippen molar-refractivity contribution in [1.82, 2.24) is 10.2 Å². The first-order chi connectivity index (χ1) is 15.6. The summed E-state index contributed by atoms with van der Waals surface area (Å²) in [4.78, 5) is 36.6. The fraction of sp³-hybridized carbons (Fsp3) is 0.577. The average Bonchev–Trinajstić information content (AvgIpc) is 2.81. The van der Waals surface area contributed by atoms with Crippen molar-refractivity contribution in [3.8, 4) is 11.8 Å². The van der Waals surface area contributed by atoms with Crippen LogP contribution in [-0.2, 0) is 16.1 Å². The summed E-state index contributed by atoms with van der Waals surface area (Å²) in [5.74, 6) is 6.34. The van der Waals surface area contributed by atoms with Crippen LogP contribution in [0.3, 0.4) is 0 Å². The van der Waals surface area contributed by atoms with Gasteiger partial charge in [0.25, 0.3) is 0 Å². The number of carbonyl (C=O) groups excluding carboxylic acids is 3. The minimum atomic E-state index is -0.449. The third-order valence-electron chi connectivity index (χ3n) is 5.61. The van der Waals surface area contributed by atoms with Gasteiger partial charge in [0.2, 0.25) is 5.91 Å². The summed E-state index contributed by atoms with van der Waals surface area (Å²) < 4.78 is 0. The van der Waals surface area contributed by atoms with Crippen LogP contribution in [0.4, 0.5) is 0 Å². The lowest BCUT2D eigenvalue weighted by Crippen LogP contribution is -2.43. The minimum absolute atomic E-state index is 0.145. The van der Waals surface area contributed by atoms with Gasteiger partial charge in [-0.05, 0) is 44.5 Å². The Morgan fingerprint density at radius 1 is 1.12 bits per heavy atom. The van der Waals surface area contributed by atoms with Crippen molar-refractivity contribution in [2.24, 2.45) is 5.73 Å². The van der Waals surface area contributed by atoms with Gasteiger partial charge in [0.1, 0.15) is 12.6 Å². The van der Waals surface area contributed by atoms with Crippen molar-refractivity contribution in [2.45, 2.75) is 76.8 Å². The SMILES string of the molecule is CNC(=O)C(CCC=O)N(C)Cc1c(C#CCCCCCCCCCN)cccc1C=O. The molecule has 0 radical (unpaired) electrons. The molecule has 0 fully saturated rings. The topological polar surface area (TPSA) is 92.5 Å². The number of carbonyl (C=O) groups is 3. The van der Waals surface area contributed by atoms with E-state index in [4.69, 9.17) is 5.73 Å². The van der Waals surface area contributed by atoms with Crippen LogP contribution in [0.15, 0.2) is 18.2 Å². The number of hydrogen-bond donors (Lipinski definition) is 2. The highest BCUT2D eigenvalue weighted by molar-refractivity contribution is 5.82. The van der Waals surface area contributed by atoms with E-state index in [1.54, 1.807) is 13.1 Å². The minimum Gasteiger partial charge on any atom is -0.358 e. The Hall–Kier alpha value is -2.49. The maximum absolute atomic E-state index is 12.3. The molecule has 1 unspecified atom stereocenters. The first-order valence-electron chi connectivity index (χ1n) is 11.7. The lowest BCUT2D eigenvalue weighted by Gasteiger charge is -2.27. The molecule has 1 aromatic carbocycles. The van der Waals surface area contributed by atoms with Gasteiger partial charge in [0.15, 0.2) is 0 Å².